The molecule has 32 heavy (non-hydrogen) atoms. The first-order chi connectivity index (χ1) is 15.1. The van der Waals surface area contributed by atoms with Gasteiger partial charge in [-0.2, -0.15) is 17.5 Å². The number of rotatable bonds is 5. The summed E-state index contributed by atoms with van der Waals surface area (Å²) in [5.74, 6) is -2.27. The van der Waals surface area contributed by atoms with E-state index in [9.17, 15) is 26.4 Å². The summed E-state index contributed by atoms with van der Waals surface area (Å²) in [6, 6.07) is 9.72. The molecular weight excluding hydrogens is 447 g/mol. The first kappa shape index (κ1) is 22.3. The molecule has 4 rings (SSSR count). The topological polar surface area (TPSA) is 92.4 Å². The lowest BCUT2D eigenvalue weighted by atomic mass is 10.0. The highest BCUT2D eigenvalue weighted by molar-refractivity contribution is 7.89. The molecule has 0 bridgehead atoms. The fourth-order valence-electron chi connectivity index (χ4n) is 3.69. The molecule has 0 saturated carbocycles. The molecule has 1 N–H and O–H groups in total. The van der Waals surface area contributed by atoms with Crippen LogP contribution in [0.3, 0.4) is 0 Å². The van der Waals surface area contributed by atoms with Gasteiger partial charge in [0.1, 0.15) is 11.8 Å². The predicted molar refractivity (Wildman–Crippen MR) is 110 cm³/mol. The summed E-state index contributed by atoms with van der Waals surface area (Å²) in [6.45, 7) is 2.35. The summed E-state index contributed by atoms with van der Waals surface area (Å²) in [5.41, 5.74) is 2.08. The number of aromatic nitrogens is 2. The van der Waals surface area contributed by atoms with Crippen LogP contribution in [0.5, 0.6) is 0 Å². The minimum Gasteiger partial charge on any atom is -0.450 e. The zero-order chi connectivity index (χ0) is 23.1. The Balaban J connectivity index is 1.63. The van der Waals surface area contributed by atoms with Crippen LogP contribution in [0.2, 0.25) is 0 Å². The van der Waals surface area contributed by atoms with Crippen molar-refractivity contribution in [1.82, 2.24) is 14.3 Å². The van der Waals surface area contributed by atoms with Crippen molar-refractivity contribution < 1.29 is 31.1 Å². The fraction of sp³-hybridized carbons (Fsp3) is 0.333. The van der Waals surface area contributed by atoms with Gasteiger partial charge in [0, 0.05) is 24.7 Å². The standard InChI is InChI=1S/C21H20F3N3O4S/c1-13(31-20(28)21(22,23)24)18-12-17-16(8-9-25-19(17)26-18)14-4-6-15(7-5-14)32(29,30)27-10-2-3-11-27/h4-9,12-13H,2-3,10-11H2,1H3,(H,25,26). The molecule has 0 amide bonds. The quantitative estimate of drug-likeness (QED) is 0.569. The van der Waals surface area contributed by atoms with E-state index in [2.05, 4.69) is 14.7 Å². The van der Waals surface area contributed by atoms with E-state index in [1.807, 2.05) is 0 Å². The molecular formula is C21H20F3N3O4S. The molecule has 0 aliphatic carbocycles. The third-order valence-corrected chi connectivity index (χ3v) is 7.29. The number of benzene rings is 1. The number of carbonyl (C=O) groups excluding carboxylic acids is 1. The highest BCUT2D eigenvalue weighted by atomic mass is 32.2. The van der Waals surface area contributed by atoms with Crippen molar-refractivity contribution in [3.05, 3.63) is 48.3 Å². The summed E-state index contributed by atoms with van der Waals surface area (Å²) >= 11 is 0. The van der Waals surface area contributed by atoms with Crippen LogP contribution >= 0.6 is 0 Å². The molecule has 3 heterocycles. The number of carbonyl (C=O) groups is 1. The van der Waals surface area contributed by atoms with Crippen LogP contribution in [-0.2, 0) is 19.6 Å². The van der Waals surface area contributed by atoms with Crippen LogP contribution in [0.4, 0.5) is 13.2 Å². The minimum atomic E-state index is -5.08. The maximum Gasteiger partial charge on any atom is 0.490 e. The number of pyridine rings is 1. The van der Waals surface area contributed by atoms with Crippen molar-refractivity contribution in [3.63, 3.8) is 0 Å². The largest absolute Gasteiger partial charge is 0.490 e. The Morgan fingerprint density at radius 2 is 1.81 bits per heavy atom. The second kappa shape index (κ2) is 8.21. The molecule has 1 aromatic carbocycles. The van der Waals surface area contributed by atoms with E-state index in [1.54, 1.807) is 24.3 Å². The zero-order valence-electron chi connectivity index (χ0n) is 17.0. The molecule has 11 heteroatoms. The molecule has 1 atom stereocenters. The lowest BCUT2D eigenvalue weighted by Crippen LogP contribution is -2.27. The van der Waals surface area contributed by atoms with Crippen molar-refractivity contribution in [1.29, 1.82) is 0 Å². The zero-order valence-corrected chi connectivity index (χ0v) is 17.8. The van der Waals surface area contributed by atoms with E-state index < -0.39 is 28.3 Å². The lowest BCUT2D eigenvalue weighted by Gasteiger charge is -2.15. The van der Waals surface area contributed by atoms with Gasteiger partial charge in [-0.05, 0) is 55.2 Å². The molecule has 0 radical (unpaired) electrons. The van der Waals surface area contributed by atoms with Crippen LogP contribution in [0.1, 0.15) is 31.6 Å². The van der Waals surface area contributed by atoms with Crippen LogP contribution in [0.25, 0.3) is 22.2 Å². The van der Waals surface area contributed by atoms with Crippen molar-refractivity contribution in [3.8, 4) is 11.1 Å². The summed E-state index contributed by atoms with van der Waals surface area (Å²) < 4.78 is 68.9. The Hall–Kier alpha value is -2.92. The van der Waals surface area contributed by atoms with Gasteiger partial charge >= 0.3 is 12.1 Å². The number of H-pyrrole nitrogens is 1. The average Bonchev–Trinajstić information content (AvgIpc) is 3.43. The fourth-order valence-corrected chi connectivity index (χ4v) is 5.21. The number of hydrogen-bond acceptors (Lipinski definition) is 5. The number of nitrogens with zero attached hydrogens (tertiary/aromatic N) is 2. The number of sulfonamides is 1. The second-order valence-electron chi connectivity index (χ2n) is 7.53. The van der Waals surface area contributed by atoms with Gasteiger partial charge in [-0.3, -0.25) is 0 Å². The number of ether oxygens (including phenoxy) is 1. The molecule has 0 spiro atoms. The first-order valence-corrected chi connectivity index (χ1v) is 11.4. The van der Waals surface area contributed by atoms with Gasteiger partial charge in [-0.25, -0.2) is 18.2 Å². The number of nitrogens with one attached hydrogen (secondary N) is 1. The Kier molecular flexibility index (Phi) is 5.72. The van der Waals surface area contributed by atoms with Crippen molar-refractivity contribution in [2.45, 2.75) is 36.9 Å². The maximum absolute atomic E-state index is 12.7. The highest BCUT2D eigenvalue weighted by Gasteiger charge is 2.42. The van der Waals surface area contributed by atoms with Crippen LogP contribution in [0, 0.1) is 0 Å². The van der Waals surface area contributed by atoms with Crippen molar-refractivity contribution in [2.24, 2.45) is 0 Å². The Bertz CT molecular complexity index is 1250. The van der Waals surface area contributed by atoms with E-state index in [-0.39, 0.29) is 10.6 Å². The van der Waals surface area contributed by atoms with Crippen molar-refractivity contribution >= 4 is 27.0 Å². The molecule has 1 aliphatic rings. The van der Waals surface area contributed by atoms with Gasteiger partial charge in [-0.1, -0.05) is 12.1 Å². The van der Waals surface area contributed by atoms with Gasteiger partial charge in [0.05, 0.1) is 10.6 Å². The highest BCUT2D eigenvalue weighted by Crippen LogP contribution is 2.32. The molecule has 170 valence electrons. The number of esters is 1. The molecule has 2 aromatic heterocycles. The van der Waals surface area contributed by atoms with Crippen LogP contribution in [-0.4, -0.2) is 47.9 Å². The van der Waals surface area contributed by atoms with Crippen molar-refractivity contribution in [2.75, 3.05) is 13.1 Å². The second-order valence-corrected chi connectivity index (χ2v) is 9.46. The van der Waals surface area contributed by atoms with Gasteiger partial charge in [0.2, 0.25) is 10.0 Å². The van der Waals surface area contributed by atoms with Gasteiger partial charge in [-0.15, -0.1) is 0 Å². The predicted octanol–water partition coefficient (Wildman–Crippen LogP) is 4.18. The third kappa shape index (κ3) is 4.22. The minimum absolute atomic E-state index is 0.205. The molecule has 3 aromatic rings. The number of hydrogen-bond donors (Lipinski definition) is 1. The molecule has 1 aliphatic heterocycles. The van der Waals surface area contributed by atoms with E-state index in [0.717, 1.165) is 12.8 Å². The van der Waals surface area contributed by atoms with Gasteiger partial charge in [0.25, 0.3) is 0 Å². The van der Waals surface area contributed by atoms with E-state index >= 15 is 0 Å². The van der Waals surface area contributed by atoms with E-state index in [4.69, 9.17) is 0 Å². The Morgan fingerprint density at radius 3 is 2.44 bits per heavy atom. The average molecular weight is 467 g/mol. The van der Waals surface area contributed by atoms with E-state index in [0.29, 0.717) is 35.2 Å². The third-order valence-electron chi connectivity index (χ3n) is 5.37. The summed E-state index contributed by atoms with van der Waals surface area (Å²) in [6.07, 6.45) is -3.03. The maximum atomic E-state index is 12.7. The molecule has 1 fully saturated rings. The van der Waals surface area contributed by atoms with Gasteiger partial charge in [0.15, 0.2) is 0 Å². The summed E-state index contributed by atoms with van der Waals surface area (Å²) in [5, 5.41) is 0.604. The SMILES string of the molecule is CC(OC(=O)C(F)(F)F)c1cc2c(-c3ccc(S(=O)(=O)N4CCCC4)cc3)ccnc2[nH]1. The molecule has 1 unspecified atom stereocenters. The first-order valence-electron chi connectivity index (χ1n) is 9.93. The number of fused-ring (bicyclic) bond motifs is 1. The van der Waals surface area contributed by atoms with E-state index in [1.165, 1.54) is 29.6 Å². The molecule has 1 saturated heterocycles. The number of halogens is 3. The molecule has 7 nitrogen and oxygen atoms in total. The monoisotopic (exact) mass is 467 g/mol. The Labute approximate surface area is 182 Å². The van der Waals surface area contributed by atoms with Crippen LogP contribution < -0.4 is 0 Å². The Morgan fingerprint density at radius 1 is 1.16 bits per heavy atom. The number of aromatic amines is 1. The summed E-state index contributed by atoms with van der Waals surface area (Å²) in [4.78, 5) is 18.4. The van der Waals surface area contributed by atoms with Gasteiger partial charge < -0.3 is 9.72 Å². The van der Waals surface area contributed by atoms with Crippen LogP contribution in [0.15, 0.2) is 47.5 Å². The smallest absolute Gasteiger partial charge is 0.450 e. The lowest BCUT2D eigenvalue weighted by molar-refractivity contribution is -0.204. The normalized spacial score (nSPS) is 16.4. The summed E-state index contributed by atoms with van der Waals surface area (Å²) in [7, 11) is -3.54. The number of alkyl halides is 3.